The summed E-state index contributed by atoms with van der Waals surface area (Å²) in [4.78, 5) is 40.2. The van der Waals surface area contributed by atoms with Gasteiger partial charge in [-0.2, -0.15) is 0 Å². The molecular weight excluding hydrogens is 458 g/mol. The van der Waals surface area contributed by atoms with Crippen molar-refractivity contribution < 1.29 is 26.9 Å². The van der Waals surface area contributed by atoms with Crippen molar-refractivity contribution in [3.05, 3.63) is 23.8 Å². The average molecular weight is 489 g/mol. The lowest BCUT2D eigenvalue weighted by Gasteiger charge is -2.28. The fourth-order valence-electron chi connectivity index (χ4n) is 4.55. The molecule has 2 fully saturated rings. The zero-order chi connectivity index (χ0) is 25.1. The van der Waals surface area contributed by atoms with E-state index in [9.17, 15) is 22.8 Å². The van der Waals surface area contributed by atoms with Crippen molar-refractivity contribution >= 4 is 51.5 Å². The third-order valence-corrected chi connectivity index (χ3v) is 6.84. The lowest BCUT2D eigenvalue weighted by molar-refractivity contribution is -0.139. The van der Waals surface area contributed by atoms with Gasteiger partial charge in [-0.05, 0) is 49.5 Å². The van der Waals surface area contributed by atoms with Gasteiger partial charge in [0.15, 0.2) is 0 Å². The minimum absolute atomic E-state index is 0. The molecule has 2 unspecified atom stereocenters. The van der Waals surface area contributed by atoms with Crippen molar-refractivity contribution in [1.29, 1.82) is 0 Å². The molecule has 1 spiro atoms. The summed E-state index contributed by atoms with van der Waals surface area (Å²) in [6.45, 7) is -2.76. The van der Waals surface area contributed by atoms with Gasteiger partial charge >= 0.3 is 0 Å². The highest BCUT2D eigenvalue weighted by Crippen LogP contribution is 2.47. The zero-order valence-corrected chi connectivity index (χ0v) is 19.0. The van der Waals surface area contributed by atoms with Crippen molar-refractivity contribution in [3.63, 3.8) is 0 Å². The number of primary amides is 1. The number of sulfonamides is 1. The van der Waals surface area contributed by atoms with Gasteiger partial charge in [0.1, 0.15) is 6.04 Å². The van der Waals surface area contributed by atoms with Crippen LogP contribution in [0.5, 0.6) is 0 Å². The number of fused-ring (bicyclic) bond motifs is 2. The number of carbonyl (C=O) groups is 3. The summed E-state index contributed by atoms with van der Waals surface area (Å²) in [7, 11) is -3.58. The molecule has 32 heavy (non-hydrogen) atoms. The molecule has 1 aliphatic carbocycles. The lowest BCUT2D eigenvalue weighted by atomic mass is 9.79. The molecule has 5 N–H and O–H groups in total. The number of nitrogens with zero attached hydrogens (tertiary/aromatic N) is 1. The molecule has 12 heteroatoms. The molecule has 4 rings (SSSR count). The molecule has 3 atom stereocenters. The SMILES string of the molecule is Cl.[2H]C([2H])([2H])N[C@@H](CC1CC1)C(=O)N1CC2(CC1C(N)=O)C(=O)Nc1ccc(NS(C)(=O)=O)cc12. The van der Waals surface area contributed by atoms with Crippen molar-refractivity contribution in [2.24, 2.45) is 11.7 Å². The summed E-state index contributed by atoms with van der Waals surface area (Å²) >= 11 is 0. The van der Waals surface area contributed by atoms with Crippen molar-refractivity contribution in [2.45, 2.75) is 43.2 Å². The van der Waals surface area contributed by atoms with E-state index >= 15 is 0 Å². The standard InChI is InChI=1S/C20H27N5O5S.ClH/c1-22-15(7-11-3-4-11)18(27)25-10-20(9-16(25)17(21)26)13-8-12(24-31(2,29)30)5-6-14(13)23-19(20)28;/h5-6,8,11,15-16,22,24H,3-4,7,9-10H2,1-2H3,(H2,21,26)(H,23,28);1H/t15-,16?,20?;/m0./s1/i1D3;. The highest BCUT2D eigenvalue weighted by molar-refractivity contribution is 7.92. The molecule has 1 aromatic rings. The highest BCUT2D eigenvalue weighted by Gasteiger charge is 2.57. The summed E-state index contributed by atoms with van der Waals surface area (Å²) in [6.07, 6.45) is 2.98. The van der Waals surface area contributed by atoms with Crippen LogP contribution in [0.4, 0.5) is 11.4 Å². The van der Waals surface area contributed by atoms with E-state index in [1.807, 2.05) is 0 Å². The number of hydrogen-bond acceptors (Lipinski definition) is 6. The molecular formula is C20H28ClN5O5S. The van der Waals surface area contributed by atoms with Gasteiger partial charge in [-0.15, -0.1) is 12.4 Å². The van der Waals surface area contributed by atoms with Gasteiger partial charge in [-0.3, -0.25) is 19.1 Å². The first-order valence-corrected chi connectivity index (χ1v) is 11.9. The summed E-state index contributed by atoms with van der Waals surface area (Å²) in [5.74, 6) is -1.64. The molecule has 2 heterocycles. The molecule has 3 aliphatic rings. The first-order chi connectivity index (χ1) is 15.7. The van der Waals surface area contributed by atoms with Crippen LogP contribution >= 0.6 is 12.4 Å². The summed E-state index contributed by atoms with van der Waals surface area (Å²) in [5.41, 5.74) is 5.39. The number of likely N-dealkylation sites (N-methyl/N-ethyl adjacent to an activating group) is 1. The molecule has 176 valence electrons. The van der Waals surface area contributed by atoms with Gasteiger partial charge in [0.2, 0.25) is 27.7 Å². The van der Waals surface area contributed by atoms with Gasteiger partial charge in [-0.1, -0.05) is 12.8 Å². The normalized spacial score (nSPS) is 26.9. The van der Waals surface area contributed by atoms with Crippen LogP contribution in [-0.2, 0) is 29.8 Å². The van der Waals surface area contributed by atoms with Crippen LogP contribution in [0.15, 0.2) is 18.2 Å². The summed E-state index contributed by atoms with van der Waals surface area (Å²) in [5, 5.41) is 5.12. The third-order valence-electron chi connectivity index (χ3n) is 6.23. The van der Waals surface area contributed by atoms with E-state index < -0.39 is 52.2 Å². The molecule has 2 aliphatic heterocycles. The van der Waals surface area contributed by atoms with E-state index in [1.165, 1.54) is 17.0 Å². The predicted molar refractivity (Wildman–Crippen MR) is 122 cm³/mol. The Morgan fingerprint density at radius 2 is 2.12 bits per heavy atom. The van der Waals surface area contributed by atoms with E-state index in [0.29, 0.717) is 17.7 Å². The minimum atomic E-state index is -3.58. The largest absolute Gasteiger partial charge is 0.368 e. The molecule has 0 bridgehead atoms. The van der Waals surface area contributed by atoms with Crippen LogP contribution < -0.4 is 21.1 Å². The average Bonchev–Trinajstić information content (AvgIpc) is 3.34. The van der Waals surface area contributed by atoms with E-state index in [1.54, 1.807) is 6.07 Å². The number of halogens is 1. The molecule has 1 saturated heterocycles. The zero-order valence-electron chi connectivity index (χ0n) is 20.4. The van der Waals surface area contributed by atoms with Crippen molar-refractivity contribution in [2.75, 3.05) is 29.8 Å². The fraction of sp³-hybridized carbons (Fsp3) is 0.550. The van der Waals surface area contributed by atoms with Crippen molar-refractivity contribution in [3.8, 4) is 0 Å². The molecule has 10 nitrogen and oxygen atoms in total. The Kier molecular flexibility index (Phi) is 5.40. The maximum Gasteiger partial charge on any atom is 0.240 e. The second kappa shape index (κ2) is 8.53. The number of benzene rings is 1. The predicted octanol–water partition coefficient (Wildman–Crippen LogP) is 0.144. The topological polar surface area (TPSA) is 151 Å². The highest BCUT2D eigenvalue weighted by atomic mass is 35.5. The van der Waals surface area contributed by atoms with Gasteiger partial charge in [0, 0.05) is 22.0 Å². The first-order valence-electron chi connectivity index (χ1n) is 11.5. The number of nitrogens with two attached hydrogens (primary N) is 1. The van der Waals surface area contributed by atoms with E-state index in [0.717, 1.165) is 19.1 Å². The van der Waals surface area contributed by atoms with Crippen LogP contribution in [0, 0.1) is 5.92 Å². The number of amides is 3. The lowest BCUT2D eigenvalue weighted by Crippen LogP contribution is -2.51. The number of likely N-dealkylation sites (tertiary alicyclic amines) is 1. The van der Waals surface area contributed by atoms with E-state index in [-0.39, 0.29) is 37.0 Å². The van der Waals surface area contributed by atoms with Gasteiger partial charge in [-0.25, -0.2) is 8.42 Å². The van der Waals surface area contributed by atoms with Crippen LogP contribution in [0.2, 0.25) is 0 Å². The Bertz CT molecular complexity index is 1160. The Labute approximate surface area is 197 Å². The second-order valence-corrected chi connectivity index (χ2v) is 10.4. The molecule has 1 saturated carbocycles. The monoisotopic (exact) mass is 488 g/mol. The minimum Gasteiger partial charge on any atom is -0.368 e. The molecule has 0 aromatic heterocycles. The van der Waals surface area contributed by atoms with Crippen LogP contribution in [0.25, 0.3) is 0 Å². The quantitative estimate of drug-likeness (QED) is 0.428. The molecule has 3 amide bonds. The fourth-order valence-corrected chi connectivity index (χ4v) is 5.11. The Balaban J connectivity index is 0.00000342. The second-order valence-electron chi connectivity index (χ2n) is 8.64. The summed E-state index contributed by atoms with van der Waals surface area (Å²) in [6, 6.07) is 2.36. The third kappa shape index (κ3) is 4.41. The molecule has 1 aromatic carbocycles. The number of anilines is 2. The van der Waals surface area contributed by atoms with Gasteiger partial charge in [0.25, 0.3) is 0 Å². The van der Waals surface area contributed by atoms with Crippen LogP contribution in [-0.4, -0.2) is 62.9 Å². The van der Waals surface area contributed by atoms with Gasteiger partial charge in [0.05, 0.1) is 17.7 Å². The first kappa shape index (κ1) is 20.3. The Morgan fingerprint density at radius 3 is 2.72 bits per heavy atom. The maximum atomic E-state index is 13.5. The number of carbonyl (C=O) groups excluding carboxylic acids is 3. The Morgan fingerprint density at radius 1 is 1.41 bits per heavy atom. The number of hydrogen-bond donors (Lipinski definition) is 4. The molecule has 0 radical (unpaired) electrons. The smallest absolute Gasteiger partial charge is 0.240 e. The number of rotatable bonds is 7. The Hall–Kier alpha value is -2.37. The van der Waals surface area contributed by atoms with E-state index in [2.05, 4.69) is 15.4 Å². The van der Waals surface area contributed by atoms with Crippen LogP contribution in [0.3, 0.4) is 0 Å². The van der Waals surface area contributed by atoms with E-state index in [4.69, 9.17) is 9.85 Å². The van der Waals surface area contributed by atoms with Crippen molar-refractivity contribution in [1.82, 2.24) is 10.2 Å². The maximum absolute atomic E-state index is 13.5. The van der Waals surface area contributed by atoms with Gasteiger partial charge < -0.3 is 21.3 Å². The number of nitrogens with one attached hydrogen (secondary N) is 3. The summed E-state index contributed by atoms with van der Waals surface area (Å²) < 4.78 is 48.4. The van der Waals surface area contributed by atoms with Crippen LogP contribution in [0.1, 0.15) is 35.4 Å².